The SMILES string of the molecule is O=C(O)CS(=O)(=O)NCCOCCO. The number of ether oxygens (including phenoxy) is 1. The van der Waals surface area contributed by atoms with E-state index in [1.807, 2.05) is 4.72 Å². The van der Waals surface area contributed by atoms with Gasteiger partial charge >= 0.3 is 5.97 Å². The number of carboxylic acid groups (broad SMARTS) is 1. The Morgan fingerprint density at radius 2 is 2.00 bits per heavy atom. The quantitative estimate of drug-likeness (QED) is 0.413. The molecule has 3 N–H and O–H groups in total. The molecule has 0 fully saturated rings. The Balaban J connectivity index is 3.61. The second-order valence-corrected chi connectivity index (χ2v) is 4.19. The minimum atomic E-state index is -3.76. The minimum Gasteiger partial charge on any atom is -0.480 e. The van der Waals surface area contributed by atoms with Gasteiger partial charge in [0, 0.05) is 6.54 Å². The summed E-state index contributed by atoms with van der Waals surface area (Å²) in [7, 11) is -3.76. The van der Waals surface area contributed by atoms with Gasteiger partial charge in [-0.1, -0.05) is 0 Å². The highest BCUT2D eigenvalue weighted by atomic mass is 32.2. The molecule has 14 heavy (non-hydrogen) atoms. The molecule has 0 atom stereocenters. The van der Waals surface area contributed by atoms with E-state index in [0.717, 1.165) is 0 Å². The summed E-state index contributed by atoms with van der Waals surface area (Å²) in [5, 5.41) is 16.5. The lowest BCUT2D eigenvalue weighted by atomic mass is 10.7. The monoisotopic (exact) mass is 227 g/mol. The number of aliphatic hydroxyl groups is 1. The molecule has 0 saturated heterocycles. The molecular formula is C6H13NO6S. The molecule has 0 aliphatic rings. The van der Waals surface area contributed by atoms with Crippen molar-refractivity contribution in [1.29, 1.82) is 0 Å². The average molecular weight is 227 g/mol. The third-order valence-corrected chi connectivity index (χ3v) is 2.39. The highest BCUT2D eigenvalue weighted by Crippen LogP contribution is 1.83. The van der Waals surface area contributed by atoms with Crippen LogP contribution in [0.5, 0.6) is 0 Å². The van der Waals surface area contributed by atoms with Crippen molar-refractivity contribution >= 4 is 16.0 Å². The second kappa shape index (κ2) is 6.71. The summed E-state index contributed by atoms with van der Waals surface area (Å²) in [4.78, 5) is 10.1. The van der Waals surface area contributed by atoms with Gasteiger partial charge in [-0.05, 0) is 0 Å². The molecule has 0 aliphatic heterocycles. The van der Waals surface area contributed by atoms with Crippen LogP contribution < -0.4 is 4.72 Å². The van der Waals surface area contributed by atoms with Crippen LogP contribution in [0.4, 0.5) is 0 Å². The van der Waals surface area contributed by atoms with Crippen molar-refractivity contribution in [1.82, 2.24) is 4.72 Å². The summed E-state index contributed by atoms with van der Waals surface area (Å²) in [6.45, 7) is 0.0809. The zero-order valence-electron chi connectivity index (χ0n) is 7.47. The molecule has 0 rings (SSSR count). The van der Waals surface area contributed by atoms with E-state index in [-0.39, 0.29) is 26.4 Å². The van der Waals surface area contributed by atoms with Gasteiger partial charge in [0.2, 0.25) is 10.0 Å². The number of rotatable bonds is 8. The fourth-order valence-electron chi connectivity index (χ4n) is 0.650. The molecule has 0 radical (unpaired) electrons. The Labute approximate surface area is 81.7 Å². The molecule has 0 spiro atoms. The van der Waals surface area contributed by atoms with Crippen LogP contribution in [0.15, 0.2) is 0 Å². The first kappa shape index (κ1) is 13.3. The van der Waals surface area contributed by atoms with Crippen molar-refractivity contribution < 1.29 is 28.2 Å². The maximum atomic E-state index is 10.9. The molecule has 0 unspecified atom stereocenters. The molecule has 0 saturated carbocycles. The van der Waals surface area contributed by atoms with E-state index in [2.05, 4.69) is 0 Å². The van der Waals surface area contributed by atoms with Gasteiger partial charge in [0.15, 0.2) is 5.75 Å². The standard InChI is InChI=1S/C6H13NO6S/c8-2-4-13-3-1-7-14(11,12)5-6(9)10/h7-8H,1-5H2,(H,9,10). The molecule has 84 valence electrons. The average Bonchev–Trinajstić information content (AvgIpc) is 2.01. The van der Waals surface area contributed by atoms with Gasteiger partial charge in [0.1, 0.15) is 0 Å². The number of carboxylic acids is 1. The number of nitrogens with one attached hydrogen (secondary N) is 1. The van der Waals surface area contributed by atoms with Crippen LogP contribution in [0.1, 0.15) is 0 Å². The van der Waals surface area contributed by atoms with E-state index in [9.17, 15) is 13.2 Å². The smallest absolute Gasteiger partial charge is 0.320 e. The number of aliphatic carboxylic acids is 1. The van der Waals surface area contributed by atoms with E-state index in [1.165, 1.54) is 0 Å². The summed E-state index contributed by atoms with van der Waals surface area (Å²) in [5.74, 6) is -2.36. The van der Waals surface area contributed by atoms with E-state index in [4.69, 9.17) is 14.9 Å². The van der Waals surface area contributed by atoms with Gasteiger partial charge in [0.05, 0.1) is 19.8 Å². The Morgan fingerprint density at radius 1 is 1.36 bits per heavy atom. The Morgan fingerprint density at radius 3 is 2.50 bits per heavy atom. The fourth-order valence-corrected chi connectivity index (χ4v) is 1.47. The first-order valence-electron chi connectivity index (χ1n) is 3.85. The van der Waals surface area contributed by atoms with Gasteiger partial charge in [-0.2, -0.15) is 0 Å². The van der Waals surface area contributed by atoms with Crippen LogP contribution in [0, 0.1) is 0 Å². The second-order valence-electron chi connectivity index (χ2n) is 2.38. The maximum absolute atomic E-state index is 10.9. The van der Waals surface area contributed by atoms with Gasteiger partial charge < -0.3 is 14.9 Å². The minimum absolute atomic E-state index is 0.00435. The molecule has 0 amide bonds. The normalized spacial score (nSPS) is 11.5. The van der Waals surface area contributed by atoms with Crippen LogP contribution in [0.2, 0.25) is 0 Å². The maximum Gasteiger partial charge on any atom is 0.320 e. The van der Waals surface area contributed by atoms with E-state index < -0.39 is 21.7 Å². The first-order chi connectivity index (χ1) is 6.48. The molecule has 0 aromatic heterocycles. The number of carbonyl (C=O) groups is 1. The molecule has 8 heteroatoms. The van der Waals surface area contributed by atoms with Crippen molar-refractivity contribution in [2.24, 2.45) is 0 Å². The molecule has 0 bridgehead atoms. The lowest BCUT2D eigenvalue weighted by Gasteiger charge is -2.04. The molecule has 0 heterocycles. The summed E-state index contributed by atoms with van der Waals surface area (Å²) >= 11 is 0. The van der Waals surface area contributed by atoms with Crippen LogP contribution in [-0.2, 0) is 19.6 Å². The highest BCUT2D eigenvalue weighted by Gasteiger charge is 2.14. The van der Waals surface area contributed by atoms with Gasteiger partial charge in [-0.15, -0.1) is 0 Å². The lowest BCUT2D eigenvalue weighted by molar-refractivity contribution is -0.134. The first-order valence-corrected chi connectivity index (χ1v) is 5.51. The fraction of sp³-hybridized carbons (Fsp3) is 0.833. The predicted molar refractivity (Wildman–Crippen MR) is 47.3 cm³/mol. The molecule has 7 nitrogen and oxygen atoms in total. The van der Waals surface area contributed by atoms with Gasteiger partial charge in [-0.25, -0.2) is 13.1 Å². The number of hydrogen-bond donors (Lipinski definition) is 3. The molecular weight excluding hydrogens is 214 g/mol. The van der Waals surface area contributed by atoms with E-state index in [0.29, 0.717) is 0 Å². The zero-order valence-corrected chi connectivity index (χ0v) is 8.29. The van der Waals surface area contributed by atoms with Crippen LogP contribution in [-0.4, -0.2) is 56.7 Å². The van der Waals surface area contributed by atoms with Crippen LogP contribution in [0.25, 0.3) is 0 Å². The molecule has 0 aromatic rings. The molecule has 0 aromatic carbocycles. The number of sulfonamides is 1. The number of aliphatic hydroxyl groups excluding tert-OH is 1. The third-order valence-electron chi connectivity index (χ3n) is 1.12. The van der Waals surface area contributed by atoms with E-state index >= 15 is 0 Å². The number of hydrogen-bond acceptors (Lipinski definition) is 5. The van der Waals surface area contributed by atoms with Crippen LogP contribution in [0.3, 0.4) is 0 Å². The largest absolute Gasteiger partial charge is 0.480 e. The Hall–Kier alpha value is -0.700. The molecule has 0 aliphatic carbocycles. The summed E-state index contributed by atoms with van der Waals surface area (Å²) < 4.78 is 28.5. The predicted octanol–water partition coefficient (Wildman–Crippen LogP) is -2.00. The van der Waals surface area contributed by atoms with Crippen molar-refractivity contribution in [3.8, 4) is 0 Å². The van der Waals surface area contributed by atoms with Crippen molar-refractivity contribution in [3.63, 3.8) is 0 Å². The highest BCUT2D eigenvalue weighted by molar-refractivity contribution is 7.90. The third kappa shape index (κ3) is 7.92. The summed E-state index contributed by atoms with van der Waals surface area (Å²) in [6, 6.07) is 0. The summed E-state index contributed by atoms with van der Waals surface area (Å²) in [6.07, 6.45) is 0. The van der Waals surface area contributed by atoms with Crippen molar-refractivity contribution in [2.75, 3.05) is 32.1 Å². The Kier molecular flexibility index (Phi) is 6.37. The van der Waals surface area contributed by atoms with E-state index in [1.54, 1.807) is 0 Å². The topological polar surface area (TPSA) is 113 Å². The Bertz CT molecular complexity index is 261. The van der Waals surface area contributed by atoms with Crippen molar-refractivity contribution in [2.45, 2.75) is 0 Å². The van der Waals surface area contributed by atoms with Crippen LogP contribution >= 0.6 is 0 Å². The zero-order chi connectivity index (χ0) is 11.0. The lowest BCUT2D eigenvalue weighted by Crippen LogP contribution is -2.32. The van der Waals surface area contributed by atoms with Crippen molar-refractivity contribution in [3.05, 3.63) is 0 Å². The van der Waals surface area contributed by atoms with Gasteiger partial charge in [0.25, 0.3) is 0 Å². The van der Waals surface area contributed by atoms with Gasteiger partial charge in [-0.3, -0.25) is 4.79 Å². The summed E-state index contributed by atoms with van der Waals surface area (Å²) in [5.41, 5.74) is 0.